The Hall–Kier alpha value is -3.20. The average molecular weight is 426 g/mol. The summed E-state index contributed by atoms with van der Waals surface area (Å²) in [6.07, 6.45) is 7.22. The third-order valence-electron chi connectivity index (χ3n) is 4.83. The highest BCUT2D eigenvalue weighted by Gasteiger charge is 2.19. The molecular formula is C21H22N4O4S. The van der Waals surface area contributed by atoms with Crippen LogP contribution in [0.25, 0.3) is 10.2 Å². The fourth-order valence-corrected chi connectivity index (χ4v) is 4.71. The normalized spacial score (nSPS) is 13.5. The Morgan fingerprint density at radius 3 is 2.93 bits per heavy atom. The van der Waals surface area contributed by atoms with E-state index in [0.29, 0.717) is 29.1 Å². The lowest BCUT2D eigenvalue weighted by Gasteiger charge is -2.11. The van der Waals surface area contributed by atoms with E-state index < -0.39 is 5.91 Å². The molecule has 0 aliphatic heterocycles. The van der Waals surface area contributed by atoms with Gasteiger partial charge in [-0.1, -0.05) is 0 Å². The van der Waals surface area contributed by atoms with Gasteiger partial charge in [0.25, 0.3) is 11.5 Å². The van der Waals surface area contributed by atoms with E-state index in [1.54, 1.807) is 35.8 Å². The van der Waals surface area contributed by atoms with Crippen molar-refractivity contribution in [1.29, 1.82) is 0 Å². The molecule has 0 saturated heterocycles. The SMILES string of the molecule is CCOc1cc(C=Nn2cnc3sc4c(c3c2=O)CCCC4)ccc1OCC(N)=O. The number of primary amides is 1. The predicted molar refractivity (Wildman–Crippen MR) is 116 cm³/mol. The number of hydrogen-bond acceptors (Lipinski definition) is 7. The first kappa shape index (κ1) is 20.1. The van der Waals surface area contributed by atoms with Crippen LogP contribution in [0.1, 0.15) is 35.8 Å². The van der Waals surface area contributed by atoms with E-state index in [9.17, 15) is 9.59 Å². The van der Waals surface area contributed by atoms with Crippen molar-refractivity contribution in [3.05, 3.63) is 50.9 Å². The Kier molecular flexibility index (Phi) is 5.80. The maximum atomic E-state index is 13.0. The minimum Gasteiger partial charge on any atom is -0.490 e. The molecule has 0 fully saturated rings. The van der Waals surface area contributed by atoms with Crippen molar-refractivity contribution in [2.45, 2.75) is 32.6 Å². The van der Waals surface area contributed by atoms with Crippen molar-refractivity contribution >= 4 is 33.7 Å². The fraction of sp³-hybridized carbons (Fsp3) is 0.333. The van der Waals surface area contributed by atoms with Gasteiger partial charge in [0.1, 0.15) is 11.2 Å². The quantitative estimate of drug-likeness (QED) is 0.584. The molecule has 30 heavy (non-hydrogen) atoms. The van der Waals surface area contributed by atoms with Gasteiger partial charge in [-0.05, 0) is 61.9 Å². The van der Waals surface area contributed by atoms with Crippen LogP contribution in [0.4, 0.5) is 0 Å². The van der Waals surface area contributed by atoms with Crippen LogP contribution in [0, 0.1) is 0 Å². The zero-order valence-corrected chi connectivity index (χ0v) is 17.4. The van der Waals surface area contributed by atoms with Gasteiger partial charge in [0.2, 0.25) is 0 Å². The number of thiophene rings is 1. The number of rotatable bonds is 7. The molecule has 3 aromatic rings. The van der Waals surface area contributed by atoms with Crippen molar-refractivity contribution in [2.75, 3.05) is 13.2 Å². The van der Waals surface area contributed by atoms with E-state index in [4.69, 9.17) is 15.2 Å². The summed E-state index contributed by atoms with van der Waals surface area (Å²) in [5.74, 6) is 0.314. The molecule has 1 aliphatic rings. The van der Waals surface area contributed by atoms with Crippen LogP contribution in [0.3, 0.4) is 0 Å². The third kappa shape index (κ3) is 4.06. The Bertz CT molecular complexity index is 1180. The maximum absolute atomic E-state index is 13.0. The van der Waals surface area contributed by atoms with E-state index in [-0.39, 0.29) is 12.2 Å². The Morgan fingerprint density at radius 2 is 2.13 bits per heavy atom. The molecular weight excluding hydrogens is 404 g/mol. The van der Waals surface area contributed by atoms with Gasteiger partial charge in [0, 0.05) is 4.88 Å². The zero-order valence-electron chi connectivity index (χ0n) is 16.6. The number of carbonyl (C=O) groups is 1. The second-order valence-corrected chi connectivity index (χ2v) is 8.01. The van der Waals surface area contributed by atoms with Crippen LogP contribution in [-0.2, 0) is 17.6 Å². The van der Waals surface area contributed by atoms with Gasteiger partial charge in [-0.25, -0.2) is 4.98 Å². The van der Waals surface area contributed by atoms with Crippen LogP contribution < -0.4 is 20.8 Å². The van der Waals surface area contributed by atoms with Crippen LogP contribution in [-0.4, -0.2) is 35.0 Å². The Morgan fingerprint density at radius 1 is 1.30 bits per heavy atom. The summed E-state index contributed by atoms with van der Waals surface area (Å²) in [6.45, 7) is 2.04. The highest BCUT2D eigenvalue weighted by Crippen LogP contribution is 2.33. The third-order valence-corrected chi connectivity index (χ3v) is 6.03. The zero-order chi connectivity index (χ0) is 21.1. The number of nitrogens with zero attached hydrogens (tertiary/aromatic N) is 3. The number of aromatic nitrogens is 2. The summed E-state index contributed by atoms with van der Waals surface area (Å²) < 4.78 is 12.2. The summed E-state index contributed by atoms with van der Waals surface area (Å²) in [5.41, 5.74) is 6.83. The highest BCUT2D eigenvalue weighted by atomic mass is 32.1. The van der Waals surface area contributed by atoms with E-state index in [0.717, 1.165) is 36.1 Å². The van der Waals surface area contributed by atoms with Crippen molar-refractivity contribution in [1.82, 2.24) is 9.66 Å². The highest BCUT2D eigenvalue weighted by molar-refractivity contribution is 7.18. The number of fused-ring (bicyclic) bond motifs is 3. The molecule has 1 aliphatic carbocycles. The van der Waals surface area contributed by atoms with E-state index in [1.165, 1.54) is 15.9 Å². The Balaban J connectivity index is 1.64. The van der Waals surface area contributed by atoms with E-state index >= 15 is 0 Å². The second kappa shape index (κ2) is 8.66. The van der Waals surface area contributed by atoms with Gasteiger partial charge in [-0.3, -0.25) is 9.59 Å². The van der Waals surface area contributed by atoms with Crippen LogP contribution in [0.5, 0.6) is 11.5 Å². The first-order valence-corrected chi connectivity index (χ1v) is 10.6. The van der Waals surface area contributed by atoms with Crippen LogP contribution in [0.15, 0.2) is 34.4 Å². The van der Waals surface area contributed by atoms with Crippen LogP contribution >= 0.6 is 11.3 Å². The molecule has 0 saturated carbocycles. The van der Waals surface area contributed by atoms with Gasteiger partial charge < -0.3 is 15.2 Å². The molecule has 1 aromatic carbocycles. The van der Waals surface area contributed by atoms with Crippen molar-refractivity contribution in [3.8, 4) is 11.5 Å². The van der Waals surface area contributed by atoms with Gasteiger partial charge in [-0.2, -0.15) is 9.78 Å². The van der Waals surface area contributed by atoms with Gasteiger partial charge in [0.15, 0.2) is 18.1 Å². The topological polar surface area (TPSA) is 109 Å². The number of amides is 1. The largest absolute Gasteiger partial charge is 0.490 e. The minimum atomic E-state index is -0.569. The summed E-state index contributed by atoms with van der Waals surface area (Å²) >= 11 is 1.61. The van der Waals surface area contributed by atoms with Gasteiger partial charge in [0.05, 0.1) is 18.2 Å². The molecule has 0 atom stereocenters. The van der Waals surface area contributed by atoms with E-state index in [1.807, 2.05) is 6.92 Å². The molecule has 2 N–H and O–H groups in total. The first-order valence-electron chi connectivity index (χ1n) is 9.81. The molecule has 2 heterocycles. The molecule has 0 unspecified atom stereocenters. The van der Waals surface area contributed by atoms with E-state index in [2.05, 4.69) is 10.1 Å². The molecule has 0 bridgehead atoms. The minimum absolute atomic E-state index is 0.151. The lowest BCUT2D eigenvalue weighted by atomic mass is 9.97. The lowest BCUT2D eigenvalue weighted by Crippen LogP contribution is -2.20. The number of hydrogen-bond donors (Lipinski definition) is 1. The summed E-state index contributed by atoms with van der Waals surface area (Å²) in [4.78, 5) is 30.4. The van der Waals surface area contributed by atoms with Crippen LogP contribution in [0.2, 0.25) is 0 Å². The number of ether oxygens (including phenoxy) is 2. The monoisotopic (exact) mass is 426 g/mol. The summed E-state index contributed by atoms with van der Waals surface area (Å²) in [7, 11) is 0. The van der Waals surface area contributed by atoms with Gasteiger partial charge in [-0.15, -0.1) is 11.3 Å². The molecule has 0 spiro atoms. The van der Waals surface area contributed by atoms with Crippen molar-refractivity contribution in [2.24, 2.45) is 10.8 Å². The summed E-state index contributed by atoms with van der Waals surface area (Å²) in [6, 6.07) is 5.16. The number of carbonyl (C=O) groups excluding carboxylic acids is 1. The van der Waals surface area contributed by atoms with Gasteiger partial charge >= 0.3 is 0 Å². The molecule has 156 valence electrons. The summed E-state index contributed by atoms with van der Waals surface area (Å²) in [5, 5.41) is 5.00. The number of benzene rings is 1. The molecule has 8 nitrogen and oxygen atoms in total. The molecule has 9 heteroatoms. The number of nitrogens with two attached hydrogens (primary N) is 1. The fourth-order valence-electron chi connectivity index (χ4n) is 3.49. The average Bonchev–Trinajstić information content (AvgIpc) is 3.12. The molecule has 0 radical (unpaired) electrons. The molecule has 1 amide bonds. The Labute approximate surface area is 176 Å². The smallest absolute Gasteiger partial charge is 0.282 e. The lowest BCUT2D eigenvalue weighted by molar-refractivity contribution is -0.119. The second-order valence-electron chi connectivity index (χ2n) is 6.92. The molecule has 4 rings (SSSR count). The predicted octanol–water partition coefficient (Wildman–Crippen LogP) is 2.48. The maximum Gasteiger partial charge on any atom is 0.282 e. The standard InChI is InChI=1S/C21H22N4O4S/c1-2-28-16-9-13(7-8-15(16)29-11-18(22)26)10-24-25-12-23-20-19(21(25)27)14-5-3-4-6-17(14)30-20/h7-10,12H,2-6,11H2,1H3,(H2,22,26). The first-order chi connectivity index (χ1) is 14.6. The molecule has 2 aromatic heterocycles. The van der Waals surface area contributed by atoms with Crippen molar-refractivity contribution in [3.63, 3.8) is 0 Å². The van der Waals surface area contributed by atoms with Crippen molar-refractivity contribution < 1.29 is 14.3 Å². The number of aryl methyl sites for hydroxylation is 2.